The zero-order valence-corrected chi connectivity index (χ0v) is 13.8. The van der Waals surface area contributed by atoms with Gasteiger partial charge in [0.2, 0.25) is 15.9 Å². The maximum atomic E-state index is 12.0. The van der Waals surface area contributed by atoms with E-state index >= 15 is 0 Å². The molecular weight excluding hydrogens is 339 g/mol. The van der Waals surface area contributed by atoms with Crippen molar-refractivity contribution >= 4 is 50.5 Å². The first-order chi connectivity index (χ1) is 10.7. The van der Waals surface area contributed by atoms with Crippen molar-refractivity contribution in [1.29, 1.82) is 0 Å². The number of rotatable bonds is 6. The molecule has 2 aromatic rings. The standard InChI is InChI=1S/C13H15BN2O5S2/c1-23(20,21)16-11-4-2-3-9(5-11)6-12(17)15-13-7-10(8-22-13)14(18)19/h2-5,7-8,16,18-19H,6H2,1H3,(H,15,17). The lowest BCUT2D eigenvalue weighted by Gasteiger charge is -2.07. The SMILES string of the molecule is CS(=O)(=O)Nc1cccc(CC(=O)Nc2cc(B(O)O)cs2)c1. The Bertz CT molecular complexity index is 804. The van der Waals surface area contributed by atoms with Crippen LogP contribution in [0.4, 0.5) is 10.7 Å². The molecule has 0 aliphatic carbocycles. The third-order valence-electron chi connectivity index (χ3n) is 2.78. The minimum Gasteiger partial charge on any atom is -0.423 e. The number of anilines is 2. The Balaban J connectivity index is 2.01. The zero-order chi connectivity index (χ0) is 17.0. The van der Waals surface area contributed by atoms with Crippen LogP contribution in [-0.4, -0.2) is 37.7 Å². The van der Waals surface area contributed by atoms with Crippen LogP contribution in [0.2, 0.25) is 0 Å². The van der Waals surface area contributed by atoms with Crippen LogP contribution in [-0.2, 0) is 21.2 Å². The number of carbonyl (C=O) groups excluding carboxylic acids is 1. The predicted molar refractivity (Wildman–Crippen MR) is 91.4 cm³/mol. The summed E-state index contributed by atoms with van der Waals surface area (Å²) >= 11 is 1.18. The Labute approximate surface area is 138 Å². The van der Waals surface area contributed by atoms with Crippen molar-refractivity contribution in [2.45, 2.75) is 6.42 Å². The minimum atomic E-state index is -3.37. The van der Waals surface area contributed by atoms with Crippen LogP contribution in [0.1, 0.15) is 5.56 Å². The fourth-order valence-corrected chi connectivity index (χ4v) is 3.26. The van der Waals surface area contributed by atoms with Gasteiger partial charge in [-0.1, -0.05) is 12.1 Å². The second-order valence-electron chi connectivity index (χ2n) is 4.92. The van der Waals surface area contributed by atoms with E-state index in [1.54, 1.807) is 24.3 Å². The Kier molecular flexibility index (Phi) is 5.42. The molecular formula is C13H15BN2O5S2. The molecule has 10 heteroatoms. The first kappa shape index (κ1) is 17.5. The first-order valence-corrected chi connectivity index (χ1v) is 9.31. The lowest BCUT2D eigenvalue weighted by Crippen LogP contribution is -2.28. The number of benzene rings is 1. The Morgan fingerprint density at radius 2 is 2.04 bits per heavy atom. The number of sulfonamides is 1. The molecule has 0 unspecified atom stereocenters. The summed E-state index contributed by atoms with van der Waals surface area (Å²) in [6.45, 7) is 0. The van der Waals surface area contributed by atoms with Gasteiger partial charge in [-0.2, -0.15) is 0 Å². The zero-order valence-electron chi connectivity index (χ0n) is 12.2. The highest BCUT2D eigenvalue weighted by atomic mass is 32.2. The number of hydrogen-bond donors (Lipinski definition) is 4. The maximum absolute atomic E-state index is 12.0. The van der Waals surface area contributed by atoms with E-state index in [1.807, 2.05) is 0 Å². The van der Waals surface area contributed by atoms with Crippen LogP contribution in [0.5, 0.6) is 0 Å². The molecule has 0 saturated heterocycles. The molecule has 2 rings (SSSR count). The van der Waals surface area contributed by atoms with Crippen molar-refractivity contribution < 1.29 is 23.3 Å². The summed E-state index contributed by atoms with van der Waals surface area (Å²) < 4.78 is 24.8. The first-order valence-electron chi connectivity index (χ1n) is 6.54. The molecule has 0 aliphatic rings. The van der Waals surface area contributed by atoms with E-state index in [0.29, 0.717) is 21.7 Å². The molecule has 1 heterocycles. The fraction of sp³-hybridized carbons (Fsp3) is 0.154. The van der Waals surface area contributed by atoms with Crippen molar-refractivity contribution in [2.75, 3.05) is 16.3 Å². The molecule has 1 aromatic heterocycles. The second-order valence-corrected chi connectivity index (χ2v) is 7.58. The summed E-state index contributed by atoms with van der Waals surface area (Å²) in [5.74, 6) is -0.290. The van der Waals surface area contributed by atoms with Gasteiger partial charge in [0.25, 0.3) is 0 Å². The van der Waals surface area contributed by atoms with Crippen molar-refractivity contribution in [3.05, 3.63) is 41.3 Å². The Morgan fingerprint density at radius 1 is 1.30 bits per heavy atom. The molecule has 23 heavy (non-hydrogen) atoms. The Hall–Kier alpha value is -1.88. The molecule has 0 spiro atoms. The van der Waals surface area contributed by atoms with E-state index in [1.165, 1.54) is 22.8 Å². The lowest BCUT2D eigenvalue weighted by atomic mass is 9.83. The smallest absolute Gasteiger partial charge is 0.423 e. The highest BCUT2D eigenvalue weighted by molar-refractivity contribution is 7.92. The average molecular weight is 354 g/mol. The van der Waals surface area contributed by atoms with E-state index < -0.39 is 17.1 Å². The van der Waals surface area contributed by atoms with Crippen LogP contribution in [0.25, 0.3) is 0 Å². The molecule has 1 aromatic carbocycles. The molecule has 0 atom stereocenters. The van der Waals surface area contributed by atoms with Gasteiger partial charge in [0, 0.05) is 5.69 Å². The van der Waals surface area contributed by atoms with Gasteiger partial charge in [0.05, 0.1) is 17.7 Å². The third-order valence-corrected chi connectivity index (χ3v) is 4.25. The Morgan fingerprint density at radius 3 is 2.65 bits per heavy atom. The maximum Gasteiger partial charge on any atom is 0.489 e. The van der Waals surface area contributed by atoms with Gasteiger partial charge in [-0.25, -0.2) is 8.42 Å². The minimum absolute atomic E-state index is 0.0637. The molecule has 0 bridgehead atoms. The van der Waals surface area contributed by atoms with Crippen LogP contribution in [0.3, 0.4) is 0 Å². The summed E-state index contributed by atoms with van der Waals surface area (Å²) in [6, 6.07) is 8.02. The lowest BCUT2D eigenvalue weighted by molar-refractivity contribution is -0.115. The van der Waals surface area contributed by atoms with Gasteiger partial charge in [-0.3, -0.25) is 9.52 Å². The van der Waals surface area contributed by atoms with Gasteiger partial charge >= 0.3 is 7.12 Å². The molecule has 0 saturated carbocycles. The van der Waals surface area contributed by atoms with Gasteiger partial charge in [0.1, 0.15) is 0 Å². The number of nitrogens with one attached hydrogen (secondary N) is 2. The molecule has 0 aliphatic heterocycles. The quantitative estimate of drug-likeness (QED) is 0.544. The van der Waals surface area contributed by atoms with Crippen LogP contribution >= 0.6 is 11.3 Å². The molecule has 4 N–H and O–H groups in total. The van der Waals surface area contributed by atoms with Crippen LogP contribution in [0, 0.1) is 0 Å². The number of carbonyl (C=O) groups is 1. The highest BCUT2D eigenvalue weighted by Gasteiger charge is 2.14. The van der Waals surface area contributed by atoms with E-state index in [2.05, 4.69) is 10.0 Å². The summed E-state index contributed by atoms with van der Waals surface area (Å²) in [5, 5.41) is 22.7. The van der Waals surface area contributed by atoms with Crippen LogP contribution < -0.4 is 15.5 Å². The summed E-state index contributed by atoms with van der Waals surface area (Å²) in [5.41, 5.74) is 1.35. The predicted octanol–water partition coefficient (Wildman–Crippen LogP) is -0.0194. The molecule has 1 amide bonds. The van der Waals surface area contributed by atoms with E-state index in [9.17, 15) is 13.2 Å². The van der Waals surface area contributed by atoms with Crippen molar-refractivity contribution in [2.24, 2.45) is 0 Å². The summed E-state index contributed by atoms with van der Waals surface area (Å²) in [7, 11) is -4.95. The average Bonchev–Trinajstić information content (AvgIpc) is 2.85. The molecule has 0 fully saturated rings. The topological polar surface area (TPSA) is 116 Å². The highest BCUT2D eigenvalue weighted by Crippen LogP contribution is 2.16. The van der Waals surface area contributed by atoms with Gasteiger partial charge < -0.3 is 15.4 Å². The monoisotopic (exact) mass is 354 g/mol. The summed E-state index contributed by atoms with van der Waals surface area (Å²) in [6.07, 6.45) is 1.12. The number of thiophene rings is 1. The van der Waals surface area contributed by atoms with Crippen molar-refractivity contribution in [1.82, 2.24) is 0 Å². The molecule has 7 nitrogen and oxygen atoms in total. The van der Waals surface area contributed by atoms with E-state index in [4.69, 9.17) is 10.0 Å². The van der Waals surface area contributed by atoms with Crippen molar-refractivity contribution in [3.8, 4) is 0 Å². The molecule has 0 radical (unpaired) electrons. The number of amides is 1. The van der Waals surface area contributed by atoms with Gasteiger partial charge in [-0.05, 0) is 34.6 Å². The number of hydrogen-bond acceptors (Lipinski definition) is 6. The second kappa shape index (κ2) is 7.13. The normalized spacial score (nSPS) is 11.1. The third kappa shape index (κ3) is 5.68. The summed E-state index contributed by atoms with van der Waals surface area (Å²) in [4.78, 5) is 12.0. The van der Waals surface area contributed by atoms with Gasteiger partial charge in [0.15, 0.2) is 0 Å². The largest absolute Gasteiger partial charge is 0.489 e. The van der Waals surface area contributed by atoms with E-state index in [-0.39, 0.29) is 12.3 Å². The van der Waals surface area contributed by atoms with Gasteiger partial charge in [-0.15, -0.1) is 11.3 Å². The fourth-order valence-electron chi connectivity index (χ4n) is 1.88. The van der Waals surface area contributed by atoms with Crippen LogP contribution in [0.15, 0.2) is 35.7 Å². The van der Waals surface area contributed by atoms with Crippen molar-refractivity contribution in [3.63, 3.8) is 0 Å². The van der Waals surface area contributed by atoms with E-state index in [0.717, 1.165) is 6.26 Å². The molecule has 122 valence electrons.